The summed E-state index contributed by atoms with van der Waals surface area (Å²) in [6, 6.07) is 0. The molecular formula is C8H13F3O. The molecule has 0 aromatic heterocycles. The number of ether oxygens (including phenoxy) is 1. The maximum Gasteiger partial charge on any atom is 0.409 e. The van der Waals surface area contributed by atoms with Crippen molar-refractivity contribution in [3.63, 3.8) is 0 Å². The molecule has 12 heavy (non-hydrogen) atoms. The smallest absolute Gasteiger partial charge is 0.377 e. The summed E-state index contributed by atoms with van der Waals surface area (Å²) < 4.78 is 39.3. The Bertz CT molecular complexity index is 129. The van der Waals surface area contributed by atoms with E-state index in [0.717, 1.165) is 18.9 Å². The van der Waals surface area contributed by atoms with Crippen molar-refractivity contribution in [3.05, 3.63) is 12.2 Å². The van der Waals surface area contributed by atoms with Gasteiger partial charge >= 0.3 is 6.18 Å². The van der Waals surface area contributed by atoms with Gasteiger partial charge < -0.3 is 4.74 Å². The molecule has 1 nitrogen and oxygen atoms in total. The first-order chi connectivity index (χ1) is 5.56. The Morgan fingerprint density at radius 3 is 2.50 bits per heavy atom. The molecule has 0 rings (SSSR count). The molecule has 0 bridgehead atoms. The van der Waals surface area contributed by atoms with Crippen LogP contribution in [0.25, 0.3) is 0 Å². The average Bonchev–Trinajstić information content (AvgIpc) is 1.94. The molecule has 0 saturated heterocycles. The second-order valence-electron chi connectivity index (χ2n) is 2.37. The minimum Gasteiger partial charge on any atom is -0.377 e. The van der Waals surface area contributed by atoms with Gasteiger partial charge in [-0.2, -0.15) is 13.2 Å². The van der Waals surface area contributed by atoms with Gasteiger partial charge in [0.15, 0.2) is 0 Å². The highest BCUT2D eigenvalue weighted by molar-refractivity contribution is 4.88. The molecule has 72 valence electrons. The first-order valence-corrected chi connectivity index (χ1v) is 3.88. The van der Waals surface area contributed by atoms with Crippen molar-refractivity contribution < 1.29 is 17.9 Å². The van der Waals surface area contributed by atoms with Crippen LogP contribution < -0.4 is 0 Å². The molecule has 4 heteroatoms. The summed E-state index contributed by atoms with van der Waals surface area (Å²) in [7, 11) is 0. The lowest BCUT2D eigenvalue weighted by Crippen LogP contribution is -2.02. The molecule has 0 unspecified atom stereocenters. The predicted octanol–water partition coefficient (Wildman–Crippen LogP) is 2.92. The normalized spacial score (nSPS) is 12.7. The lowest BCUT2D eigenvalue weighted by Gasteiger charge is -1.99. The van der Waals surface area contributed by atoms with E-state index in [1.54, 1.807) is 0 Å². The Labute approximate surface area is 70.2 Å². The van der Waals surface area contributed by atoms with Crippen molar-refractivity contribution >= 4 is 0 Å². The Kier molecular flexibility index (Phi) is 5.80. The number of rotatable bonds is 5. The van der Waals surface area contributed by atoms with Crippen molar-refractivity contribution in [1.29, 1.82) is 0 Å². The molecule has 0 aliphatic heterocycles. The Morgan fingerprint density at radius 1 is 1.33 bits per heavy atom. The average molecular weight is 182 g/mol. The maximum absolute atomic E-state index is 11.5. The zero-order valence-corrected chi connectivity index (χ0v) is 7.03. The third-order valence-corrected chi connectivity index (χ3v) is 1.16. The van der Waals surface area contributed by atoms with Crippen molar-refractivity contribution in [2.75, 3.05) is 13.2 Å². The summed E-state index contributed by atoms with van der Waals surface area (Å²) >= 11 is 0. The van der Waals surface area contributed by atoms with Gasteiger partial charge in [-0.25, -0.2) is 0 Å². The quantitative estimate of drug-likeness (QED) is 0.469. The van der Waals surface area contributed by atoms with Crippen molar-refractivity contribution in [1.82, 2.24) is 0 Å². The van der Waals surface area contributed by atoms with Gasteiger partial charge in [0, 0.05) is 12.7 Å². The van der Waals surface area contributed by atoms with E-state index >= 15 is 0 Å². The number of allylic oxidation sites excluding steroid dienone is 1. The molecule has 0 aliphatic rings. The summed E-state index contributed by atoms with van der Waals surface area (Å²) in [6.07, 6.45) is -1.16. The van der Waals surface area contributed by atoms with Gasteiger partial charge in [0.25, 0.3) is 0 Å². The molecule has 0 spiro atoms. The van der Waals surface area contributed by atoms with Crippen LogP contribution in [0.15, 0.2) is 12.2 Å². The highest BCUT2D eigenvalue weighted by Gasteiger charge is 2.21. The van der Waals surface area contributed by atoms with Crippen LogP contribution in [0, 0.1) is 0 Å². The zero-order chi connectivity index (χ0) is 9.45. The van der Waals surface area contributed by atoms with Gasteiger partial charge in [-0.1, -0.05) is 19.4 Å². The lowest BCUT2D eigenvalue weighted by atomic mass is 10.4. The zero-order valence-electron chi connectivity index (χ0n) is 7.03. The van der Waals surface area contributed by atoms with Crippen LogP contribution in [-0.2, 0) is 4.74 Å². The van der Waals surface area contributed by atoms with Crippen molar-refractivity contribution in [3.8, 4) is 0 Å². The van der Waals surface area contributed by atoms with Gasteiger partial charge in [-0.05, 0) is 6.42 Å². The summed E-state index contributed by atoms with van der Waals surface area (Å²) in [6.45, 7) is 2.56. The second-order valence-corrected chi connectivity index (χ2v) is 2.37. The van der Waals surface area contributed by atoms with Crippen LogP contribution in [0.5, 0.6) is 0 Å². The number of unbranched alkanes of at least 4 members (excludes halogenated alkanes) is 1. The fourth-order valence-corrected chi connectivity index (χ4v) is 0.580. The topological polar surface area (TPSA) is 9.23 Å². The van der Waals surface area contributed by atoms with E-state index in [1.807, 2.05) is 6.92 Å². The fraction of sp³-hybridized carbons (Fsp3) is 0.750. The molecule has 0 N–H and O–H groups in total. The molecule has 0 aromatic rings. The highest BCUT2D eigenvalue weighted by Crippen LogP contribution is 2.15. The third-order valence-electron chi connectivity index (χ3n) is 1.16. The molecule has 0 radical (unpaired) electrons. The third kappa shape index (κ3) is 9.49. The Morgan fingerprint density at radius 2 is 2.00 bits per heavy atom. The summed E-state index contributed by atoms with van der Waals surface area (Å²) in [5, 5.41) is 0. The van der Waals surface area contributed by atoms with Gasteiger partial charge in [0.1, 0.15) is 0 Å². The van der Waals surface area contributed by atoms with E-state index in [9.17, 15) is 13.2 Å². The second kappa shape index (κ2) is 6.06. The minimum absolute atomic E-state index is 0.0412. The van der Waals surface area contributed by atoms with E-state index in [2.05, 4.69) is 0 Å². The number of hydrogen-bond donors (Lipinski definition) is 0. The standard InChI is InChI=1S/C8H13F3O/c1-2-3-6-12-7-4-5-8(9,10)11/h4-5H,2-3,6-7H2,1H3/b5-4+. The Hall–Kier alpha value is -0.510. The minimum atomic E-state index is -4.21. The molecule has 0 fully saturated rings. The van der Waals surface area contributed by atoms with E-state index in [1.165, 1.54) is 0 Å². The maximum atomic E-state index is 11.5. The van der Waals surface area contributed by atoms with Gasteiger partial charge in [-0.15, -0.1) is 0 Å². The molecular weight excluding hydrogens is 169 g/mol. The van der Waals surface area contributed by atoms with Crippen LogP contribution in [0.2, 0.25) is 0 Å². The first-order valence-electron chi connectivity index (χ1n) is 3.88. The molecule has 0 amide bonds. The van der Waals surface area contributed by atoms with Crippen molar-refractivity contribution in [2.45, 2.75) is 25.9 Å². The van der Waals surface area contributed by atoms with Crippen LogP contribution in [0.3, 0.4) is 0 Å². The van der Waals surface area contributed by atoms with Crippen LogP contribution in [0.4, 0.5) is 13.2 Å². The van der Waals surface area contributed by atoms with E-state index in [-0.39, 0.29) is 12.7 Å². The SMILES string of the molecule is CCCCOC/C=C/C(F)(F)F. The predicted molar refractivity (Wildman–Crippen MR) is 40.9 cm³/mol. The van der Waals surface area contributed by atoms with Crippen LogP contribution in [-0.4, -0.2) is 19.4 Å². The Balaban J connectivity index is 3.25. The molecule has 0 aliphatic carbocycles. The summed E-state index contributed by atoms with van der Waals surface area (Å²) in [5.74, 6) is 0. The van der Waals surface area contributed by atoms with E-state index in [4.69, 9.17) is 4.74 Å². The summed E-state index contributed by atoms with van der Waals surface area (Å²) in [5.41, 5.74) is 0. The largest absolute Gasteiger partial charge is 0.409 e. The van der Waals surface area contributed by atoms with Crippen LogP contribution in [0.1, 0.15) is 19.8 Å². The number of alkyl halides is 3. The fourth-order valence-electron chi connectivity index (χ4n) is 0.580. The van der Waals surface area contributed by atoms with E-state index in [0.29, 0.717) is 6.61 Å². The molecule has 0 aromatic carbocycles. The number of halogens is 3. The molecule has 0 heterocycles. The van der Waals surface area contributed by atoms with Crippen molar-refractivity contribution in [2.24, 2.45) is 0 Å². The lowest BCUT2D eigenvalue weighted by molar-refractivity contribution is -0.0803. The molecule has 0 atom stereocenters. The van der Waals surface area contributed by atoms with E-state index < -0.39 is 6.18 Å². The van der Waals surface area contributed by atoms with Gasteiger partial charge in [0.2, 0.25) is 0 Å². The number of hydrogen-bond acceptors (Lipinski definition) is 1. The van der Waals surface area contributed by atoms with Gasteiger partial charge in [0.05, 0.1) is 6.61 Å². The molecule has 0 saturated carbocycles. The first kappa shape index (κ1) is 11.5. The highest BCUT2D eigenvalue weighted by atomic mass is 19.4. The van der Waals surface area contributed by atoms with Crippen LogP contribution >= 0.6 is 0 Å². The van der Waals surface area contributed by atoms with Gasteiger partial charge in [-0.3, -0.25) is 0 Å². The monoisotopic (exact) mass is 182 g/mol. The summed E-state index contributed by atoms with van der Waals surface area (Å²) in [4.78, 5) is 0.